The summed E-state index contributed by atoms with van der Waals surface area (Å²) in [5.74, 6) is -0.0381. The number of imidazole rings is 1. The van der Waals surface area contributed by atoms with Crippen LogP contribution in [0.2, 0.25) is 0 Å². The van der Waals surface area contributed by atoms with Gasteiger partial charge in [0.05, 0.1) is 6.33 Å². The van der Waals surface area contributed by atoms with Crippen molar-refractivity contribution in [2.45, 2.75) is 37.0 Å². The Morgan fingerprint density at radius 3 is 1.98 bits per heavy atom. The molecule has 1 fully saturated rings. The lowest BCUT2D eigenvalue weighted by Crippen LogP contribution is -2.38. The number of nitrogens with one attached hydrogen (secondary N) is 1. The number of fused-ring (bicyclic) bond motifs is 1. The van der Waals surface area contributed by atoms with Gasteiger partial charge in [0.2, 0.25) is 0 Å². The molecule has 4 atom stereocenters. The Bertz CT molecular complexity index is 1530. The van der Waals surface area contributed by atoms with E-state index in [1.54, 1.807) is 4.57 Å². The van der Waals surface area contributed by atoms with Gasteiger partial charge in [0, 0.05) is 6.92 Å². The van der Waals surface area contributed by atoms with Crippen LogP contribution < -0.4 is 5.32 Å². The van der Waals surface area contributed by atoms with Crippen LogP contribution in [0.3, 0.4) is 0 Å². The third-order valence-electron chi connectivity index (χ3n) is 7.35. The molecule has 0 aliphatic carbocycles. The van der Waals surface area contributed by atoms with Crippen LogP contribution in [0.25, 0.3) is 11.2 Å². The molecule has 0 radical (unpaired) electrons. The number of aliphatic hydroxyl groups is 2. The Kier molecular flexibility index (Phi) is 7.19. The van der Waals surface area contributed by atoms with Crippen molar-refractivity contribution >= 4 is 23.0 Å². The largest absolute Gasteiger partial charge is 0.463 e. The van der Waals surface area contributed by atoms with Crippen LogP contribution in [0.15, 0.2) is 104 Å². The maximum absolute atomic E-state index is 11.3. The van der Waals surface area contributed by atoms with Gasteiger partial charge in [0.25, 0.3) is 0 Å². The molecule has 208 valence electrons. The van der Waals surface area contributed by atoms with Gasteiger partial charge in [-0.05, 0) is 16.7 Å². The Morgan fingerprint density at radius 1 is 0.878 bits per heavy atom. The van der Waals surface area contributed by atoms with Gasteiger partial charge in [-0.1, -0.05) is 91.0 Å². The first kappa shape index (κ1) is 26.6. The minimum absolute atomic E-state index is 0.188. The second-order valence-corrected chi connectivity index (χ2v) is 9.87. The zero-order valence-corrected chi connectivity index (χ0v) is 22.2. The fraction of sp³-hybridized carbons (Fsp3) is 0.226. The number of anilines is 1. The predicted octanol–water partition coefficient (Wildman–Crippen LogP) is 3.41. The van der Waals surface area contributed by atoms with E-state index in [2.05, 4.69) is 56.7 Å². The molecule has 10 nitrogen and oxygen atoms in total. The van der Waals surface area contributed by atoms with Gasteiger partial charge in [-0.2, -0.15) is 0 Å². The van der Waals surface area contributed by atoms with Crippen molar-refractivity contribution in [3.05, 3.63) is 120 Å². The summed E-state index contributed by atoms with van der Waals surface area (Å²) in [6, 6.07) is 30.3. The Labute approximate surface area is 236 Å². The molecule has 0 bridgehead atoms. The van der Waals surface area contributed by atoms with Crippen LogP contribution in [0.1, 0.15) is 29.8 Å². The second kappa shape index (κ2) is 11.1. The molecule has 3 heterocycles. The zero-order chi connectivity index (χ0) is 28.4. The lowest BCUT2D eigenvalue weighted by Gasteiger charge is -2.37. The normalized spacial score (nSPS) is 20.7. The van der Waals surface area contributed by atoms with E-state index in [1.165, 1.54) is 19.6 Å². The van der Waals surface area contributed by atoms with E-state index in [4.69, 9.17) is 9.47 Å². The van der Waals surface area contributed by atoms with Crippen LogP contribution in [-0.4, -0.2) is 60.6 Å². The number of carbonyl (C=O) groups is 1. The highest BCUT2D eigenvalue weighted by Crippen LogP contribution is 2.41. The molecule has 0 saturated carbocycles. The molecule has 0 spiro atoms. The van der Waals surface area contributed by atoms with Crippen molar-refractivity contribution in [3.8, 4) is 0 Å². The first-order chi connectivity index (χ1) is 20.0. The average molecular weight is 552 g/mol. The monoisotopic (exact) mass is 551 g/mol. The lowest BCUT2D eigenvalue weighted by atomic mass is 9.77. The molecule has 41 heavy (non-hydrogen) atoms. The van der Waals surface area contributed by atoms with Crippen molar-refractivity contribution in [1.29, 1.82) is 0 Å². The predicted molar refractivity (Wildman–Crippen MR) is 151 cm³/mol. The number of hydrogen-bond acceptors (Lipinski definition) is 9. The SMILES string of the molecule is CC(=O)OC[C@H]1O[C@@H](n2cnc3c(NC(c4ccccc4)(c4ccccc4)c4ccccc4)ncnc32)[C@H](O)[C@@H]1O. The minimum atomic E-state index is -1.30. The Balaban J connectivity index is 1.45. The number of aliphatic hydroxyl groups excluding tert-OH is 2. The second-order valence-electron chi connectivity index (χ2n) is 9.87. The van der Waals surface area contributed by atoms with Gasteiger partial charge < -0.3 is 25.0 Å². The van der Waals surface area contributed by atoms with Gasteiger partial charge in [-0.3, -0.25) is 9.36 Å². The van der Waals surface area contributed by atoms with E-state index in [1.807, 2.05) is 54.6 Å². The van der Waals surface area contributed by atoms with E-state index in [0.29, 0.717) is 17.0 Å². The molecular formula is C31H29N5O5. The van der Waals surface area contributed by atoms with Crippen LogP contribution in [0, 0.1) is 0 Å². The third kappa shape index (κ3) is 4.82. The zero-order valence-electron chi connectivity index (χ0n) is 22.2. The lowest BCUT2D eigenvalue weighted by molar-refractivity contribution is -0.147. The Hall–Kier alpha value is -4.64. The number of carbonyl (C=O) groups excluding carboxylic acids is 1. The highest BCUT2D eigenvalue weighted by Gasteiger charge is 2.45. The quantitative estimate of drug-likeness (QED) is 0.196. The highest BCUT2D eigenvalue weighted by molar-refractivity contribution is 5.84. The Morgan fingerprint density at radius 2 is 1.44 bits per heavy atom. The third-order valence-corrected chi connectivity index (χ3v) is 7.35. The molecule has 0 amide bonds. The average Bonchev–Trinajstić information content (AvgIpc) is 3.57. The number of aromatic nitrogens is 4. The molecule has 5 aromatic rings. The fourth-order valence-corrected chi connectivity index (χ4v) is 5.38. The first-order valence-electron chi connectivity index (χ1n) is 13.3. The highest BCUT2D eigenvalue weighted by atomic mass is 16.6. The maximum atomic E-state index is 11.3. The van der Waals surface area contributed by atoms with Crippen molar-refractivity contribution in [2.75, 3.05) is 11.9 Å². The summed E-state index contributed by atoms with van der Waals surface area (Å²) in [5, 5.41) is 25.1. The smallest absolute Gasteiger partial charge is 0.302 e. The molecule has 10 heteroatoms. The summed E-state index contributed by atoms with van der Waals surface area (Å²) in [4.78, 5) is 24.9. The summed E-state index contributed by atoms with van der Waals surface area (Å²) >= 11 is 0. The van der Waals surface area contributed by atoms with E-state index in [0.717, 1.165) is 16.7 Å². The number of benzene rings is 3. The summed E-state index contributed by atoms with van der Waals surface area (Å²) < 4.78 is 12.5. The van der Waals surface area contributed by atoms with E-state index in [9.17, 15) is 15.0 Å². The van der Waals surface area contributed by atoms with Crippen molar-refractivity contribution in [2.24, 2.45) is 0 Å². The molecule has 0 unspecified atom stereocenters. The summed E-state index contributed by atoms with van der Waals surface area (Å²) in [6.07, 6.45) is -1.55. The molecule has 2 aromatic heterocycles. The standard InChI is InChI=1S/C31H29N5O5/c1-20(37)40-17-24-26(38)27(39)30(41-24)36-19-34-25-28(32-18-33-29(25)36)35-31(21-11-5-2-6-12-21,22-13-7-3-8-14-22)23-15-9-4-10-16-23/h2-16,18-19,24,26-27,30,38-39H,17H2,1H3,(H,32,33,35)/t24-,26-,27-,30-/m1/s1. The van der Waals surface area contributed by atoms with Crippen LogP contribution in [0.5, 0.6) is 0 Å². The van der Waals surface area contributed by atoms with Gasteiger partial charge in [0.1, 0.15) is 36.8 Å². The minimum Gasteiger partial charge on any atom is -0.463 e. The van der Waals surface area contributed by atoms with Crippen LogP contribution >= 0.6 is 0 Å². The van der Waals surface area contributed by atoms with Crippen LogP contribution in [-0.2, 0) is 19.8 Å². The van der Waals surface area contributed by atoms with Gasteiger partial charge >= 0.3 is 5.97 Å². The molecule has 3 N–H and O–H groups in total. The van der Waals surface area contributed by atoms with E-state index >= 15 is 0 Å². The first-order valence-corrected chi connectivity index (χ1v) is 13.3. The number of rotatable bonds is 8. The van der Waals surface area contributed by atoms with Crippen LogP contribution in [0.4, 0.5) is 5.82 Å². The summed E-state index contributed by atoms with van der Waals surface area (Å²) in [5.41, 5.74) is 2.99. The number of nitrogens with zero attached hydrogens (tertiary/aromatic N) is 4. The summed E-state index contributed by atoms with van der Waals surface area (Å²) in [6.45, 7) is 1.08. The van der Waals surface area contributed by atoms with E-state index < -0.39 is 36.0 Å². The van der Waals surface area contributed by atoms with Crippen molar-refractivity contribution in [1.82, 2.24) is 19.5 Å². The van der Waals surface area contributed by atoms with Crippen molar-refractivity contribution in [3.63, 3.8) is 0 Å². The molecule has 3 aromatic carbocycles. The molecule has 6 rings (SSSR count). The van der Waals surface area contributed by atoms with Gasteiger partial charge in [-0.15, -0.1) is 0 Å². The number of hydrogen-bond donors (Lipinski definition) is 3. The topological polar surface area (TPSA) is 132 Å². The molecule has 1 aliphatic rings. The van der Waals surface area contributed by atoms with Gasteiger partial charge in [0.15, 0.2) is 23.2 Å². The number of ether oxygens (including phenoxy) is 2. The number of esters is 1. The fourth-order valence-electron chi connectivity index (χ4n) is 5.38. The molecule has 1 aliphatic heterocycles. The molecule has 1 saturated heterocycles. The summed E-state index contributed by atoms with van der Waals surface area (Å²) in [7, 11) is 0. The maximum Gasteiger partial charge on any atom is 0.302 e. The van der Waals surface area contributed by atoms with E-state index in [-0.39, 0.29) is 6.61 Å². The molecular weight excluding hydrogens is 522 g/mol. The van der Waals surface area contributed by atoms with Gasteiger partial charge in [-0.25, -0.2) is 15.0 Å². The van der Waals surface area contributed by atoms with Crippen molar-refractivity contribution < 1.29 is 24.5 Å².